The Labute approximate surface area is 228 Å². The molecule has 15 heteroatoms. The number of anilines is 1. The van der Waals surface area contributed by atoms with E-state index in [2.05, 4.69) is 37.4 Å². The maximum atomic E-state index is 12.5. The molecule has 40 heavy (non-hydrogen) atoms. The fraction of sp³-hybridized carbons (Fsp3) is 0.600. The Hall–Kier alpha value is -4.00. The summed E-state index contributed by atoms with van der Waals surface area (Å²) in [5.41, 5.74) is 6.63. The van der Waals surface area contributed by atoms with Crippen LogP contribution in [0.3, 0.4) is 0 Å². The number of fused-ring (bicyclic) bond motifs is 1. The average Bonchev–Trinajstić information content (AvgIpc) is 3.58. The Balaban J connectivity index is 1.09. The van der Waals surface area contributed by atoms with Crippen LogP contribution >= 0.6 is 0 Å². The van der Waals surface area contributed by atoms with Gasteiger partial charge in [0.15, 0.2) is 29.9 Å². The maximum Gasteiger partial charge on any atom is 0.410 e. The van der Waals surface area contributed by atoms with Crippen molar-refractivity contribution < 1.29 is 34.1 Å². The number of amides is 3. The Kier molecular flexibility index (Phi) is 6.90. The normalized spacial score (nSPS) is 28.4. The molecule has 5 atom stereocenters. The lowest BCUT2D eigenvalue weighted by Crippen LogP contribution is -2.56. The van der Waals surface area contributed by atoms with Crippen LogP contribution in [-0.4, -0.2) is 103 Å². The number of nitrogens with one attached hydrogen (secondary N) is 2. The molecule has 4 aliphatic rings. The molecule has 0 spiro atoms. The molecule has 6 N–H and O–H groups in total. The van der Waals surface area contributed by atoms with E-state index in [9.17, 15) is 24.6 Å². The van der Waals surface area contributed by atoms with Crippen LogP contribution in [0.2, 0.25) is 0 Å². The van der Waals surface area contributed by atoms with Crippen LogP contribution in [0, 0.1) is 17.8 Å². The highest BCUT2D eigenvalue weighted by atomic mass is 16.6. The maximum absolute atomic E-state index is 12.5. The van der Waals surface area contributed by atoms with E-state index in [1.807, 2.05) is 0 Å². The van der Waals surface area contributed by atoms with E-state index in [0.717, 1.165) is 25.7 Å². The number of nitrogens with zero attached hydrogens (tertiary/aromatic N) is 5. The monoisotopic (exact) mass is 554 g/mol. The molecule has 1 unspecified atom stereocenters. The first-order valence-electron chi connectivity index (χ1n) is 13.3. The summed E-state index contributed by atoms with van der Waals surface area (Å²) >= 11 is 0. The van der Waals surface area contributed by atoms with E-state index in [1.54, 1.807) is 4.90 Å². The zero-order chi connectivity index (χ0) is 28.0. The van der Waals surface area contributed by atoms with Crippen molar-refractivity contribution in [2.75, 3.05) is 25.4 Å². The predicted octanol–water partition coefficient (Wildman–Crippen LogP) is -1.61. The highest BCUT2D eigenvalue weighted by Crippen LogP contribution is 2.33. The van der Waals surface area contributed by atoms with E-state index < -0.39 is 42.6 Å². The number of ether oxygens (including phenoxy) is 2. The average molecular weight is 555 g/mol. The molecule has 0 bridgehead atoms. The third kappa shape index (κ3) is 5.12. The van der Waals surface area contributed by atoms with Crippen LogP contribution in [0.1, 0.15) is 44.2 Å². The van der Waals surface area contributed by atoms with Crippen molar-refractivity contribution in [1.29, 1.82) is 0 Å². The molecule has 2 aromatic rings. The molecular weight excluding hydrogens is 524 g/mol. The fourth-order valence-corrected chi connectivity index (χ4v) is 4.95. The number of piperidine rings is 1. The largest absolute Gasteiger partial charge is 0.434 e. The molecule has 3 amide bonds. The number of imidazole rings is 1. The zero-order valence-electron chi connectivity index (χ0n) is 21.5. The van der Waals surface area contributed by atoms with Crippen molar-refractivity contribution in [2.45, 2.75) is 68.8 Å². The predicted molar refractivity (Wildman–Crippen MR) is 136 cm³/mol. The van der Waals surface area contributed by atoms with Crippen LogP contribution < -0.4 is 16.4 Å². The van der Waals surface area contributed by atoms with Gasteiger partial charge in [0.25, 0.3) is 11.8 Å². The van der Waals surface area contributed by atoms with Gasteiger partial charge >= 0.3 is 6.09 Å². The summed E-state index contributed by atoms with van der Waals surface area (Å²) in [6, 6.07) is 0.0768. The minimum atomic E-state index is -1.43. The van der Waals surface area contributed by atoms with Crippen molar-refractivity contribution in [2.24, 2.45) is 5.92 Å². The molecule has 0 radical (unpaired) electrons. The molecule has 6 rings (SSSR count). The number of nitrogen functional groups attached to an aromatic ring is 1. The number of carbonyl (C=O) groups is 3. The molecule has 3 aliphatic heterocycles. The van der Waals surface area contributed by atoms with Gasteiger partial charge in [-0.15, -0.1) is 0 Å². The summed E-state index contributed by atoms with van der Waals surface area (Å²) in [6.45, 7) is 1.39. The Morgan fingerprint density at radius 2 is 1.98 bits per heavy atom. The number of aromatic nitrogens is 4. The summed E-state index contributed by atoms with van der Waals surface area (Å²) in [7, 11) is 0. The molecule has 212 valence electrons. The summed E-state index contributed by atoms with van der Waals surface area (Å²) in [5.74, 6) is 5.78. The van der Waals surface area contributed by atoms with Crippen molar-refractivity contribution in [1.82, 2.24) is 35.1 Å². The van der Waals surface area contributed by atoms with E-state index in [0.29, 0.717) is 26.1 Å². The van der Waals surface area contributed by atoms with Gasteiger partial charge < -0.3 is 41.0 Å². The van der Waals surface area contributed by atoms with E-state index in [-0.39, 0.29) is 40.7 Å². The van der Waals surface area contributed by atoms with Gasteiger partial charge in [0, 0.05) is 25.6 Å². The van der Waals surface area contributed by atoms with Crippen LogP contribution in [0.15, 0.2) is 6.33 Å². The lowest BCUT2D eigenvalue weighted by Gasteiger charge is -2.33. The first kappa shape index (κ1) is 26.2. The van der Waals surface area contributed by atoms with Gasteiger partial charge in [0.2, 0.25) is 5.82 Å². The van der Waals surface area contributed by atoms with Gasteiger partial charge in [-0.25, -0.2) is 19.7 Å². The van der Waals surface area contributed by atoms with Gasteiger partial charge in [0.1, 0.15) is 17.7 Å². The van der Waals surface area contributed by atoms with Gasteiger partial charge in [-0.2, -0.15) is 0 Å². The molecule has 3 saturated heterocycles. The lowest BCUT2D eigenvalue weighted by molar-refractivity contribution is -0.138. The van der Waals surface area contributed by atoms with Crippen molar-refractivity contribution >= 4 is 34.9 Å². The summed E-state index contributed by atoms with van der Waals surface area (Å²) in [4.78, 5) is 50.5. The van der Waals surface area contributed by atoms with Gasteiger partial charge in [-0.3, -0.25) is 14.2 Å². The zero-order valence-corrected chi connectivity index (χ0v) is 21.5. The number of hydrogen-bond acceptors (Lipinski definition) is 11. The minimum absolute atomic E-state index is 0.0768. The fourth-order valence-electron chi connectivity index (χ4n) is 4.95. The number of aliphatic hydroxyl groups is 2. The van der Waals surface area contributed by atoms with Crippen LogP contribution in [0.25, 0.3) is 11.2 Å². The first-order chi connectivity index (χ1) is 19.3. The SMILES string of the molecule is Nc1nc(C#CCC2CCN(C(=O)OC3CNC3=O)CC2)nc2c1ncn2[C@@H]1O[C@H](C(=O)NC2CC2)[C@@H](O)[C@H]1O. The van der Waals surface area contributed by atoms with Gasteiger partial charge in [-0.05, 0) is 37.5 Å². The third-order valence-electron chi connectivity index (χ3n) is 7.60. The second kappa shape index (κ2) is 10.5. The number of hydrogen-bond donors (Lipinski definition) is 5. The Morgan fingerprint density at radius 3 is 2.65 bits per heavy atom. The van der Waals surface area contributed by atoms with Crippen LogP contribution in [0.4, 0.5) is 10.6 Å². The molecule has 1 saturated carbocycles. The summed E-state index contributed by atoms with van der Waals surface area (Å²) in [6.07, 6.45) is -1.18. The van der Waals surface area contributed by atoms with Gasteiger partial charge in [0.05, 0.1) is 12.9 Å². The number of β-lactam (4-membered cyclic amide) rings is 1. The second-order valence-corrected chi connectivity index (χ2v) is 10.5. The number of rotatable bonds is 5. The highest BCUT2D eigenvalue weighted by Gasteiger charge is 2.48. The Morgan fingerprint density at radius 1 is 1.20 bits per heavy atom. The topological polar surface area (TPSA) is 207 Å². The Bertz CT molecular complexity index is 1390. The number of aliphatic hydroxyl groups excluding tert-OH is 2. The lowest BCUT2D eigenvalue weighted by atomic mass is 9.94. The van der Waals surface area contributed by atoms with Crippen molar-refractivity contribution in [3.05, 3.63) is 12.2 Å². The van der Waals surface area contributed by atoms with E-state index >= 15 is 0 Å². The minimum Gasteiger partial charge on any atom is -0.434 e. The van der Waals surface area contributed by atoms with E-state index in [4.69, 9.17) is 15.2 Å². The number of carbonyl (C=O) groups excluding carboxylic acids is 3. The van der Waals surface area contributed by atoms with Gasteiger partial charge in [-0.1, -0.05) is 5.92 Å². The standard InChI is InChI=1S/C25H30N8O7/c26-20-16-21(33(11-28-16)24-18(35)17(34)19(40-24)23(37)29-13-4-5-13)31-15(30-20)3-1-2-12-6-8-32(9-7-12)25(38)39-14-10-27-22(14)36/h11-14,17-19,24,34-35H,2,4-10H2,(H,27,36)(H,29,37)(H2,26,30,31)/t14?,17-,18+,19-,24+/m0/s1. The van der Waals surface area contributed by atoms with Crippen molar-refractivity contribution in [3.63, 3.8) is 0 Å². The molecular formula is C25H30N8O7. The molecule has 1 aliphatic carbocycles. The summed E-state index contributed by atoms with van der Waals surface area (Å²) in [5, 5.41) is 26.4. The number of nitrogens with two attached hydrogens (primary N) is 1. The molecule has 15 nitrogen and oxygen atoms in total. The van der Waals surface area contributed by atoms with E-state index in [1.165, 1.54) is 10.9 Å². The van der Waals surface area contributed by atoms with Crippen LogP contribution in [0.5, 0.6) is 0 Å². The van der Waals surface area contributed by atoms with Crippen molar-refractivity contribution in [3.8, 4) is 11.8 Å². The number of likely N-dealkylation sites (tertiary alicyclic amines) is 1. The second-order valence-electron chi connectivity index (χ2n) is 10.5. The highest BCUT2D eigenvalue weighted by molar-refractivity contribution is 5.88. The van der Waals surface area contributed by atoms with Crippen LogP contribution in [-0.2, 0) is 19.1 Å². The summed E-state index contributed by atoms with van der Waals surface area (Å²) < 4.78 is 12.4. The first-order valence-corrected chi connectivity index (χ1v) is 13.3. The quantitative estimate of drug-likeness (QED) is 0.210. The molecule has 2 aromatic heterocycles. The molecule has 0 aromatic carbocycles. The third-order valence-corrected chi connectivity index (χ3v) is 7.60. The smallest absolute Gasteiger partial charge is 0.410 e. The molecule has 4 fully saturated rings. The molecule has 5 heterocycles.